The normalized spacial score (nSPS) is 23.1. The van der Waals surface area contributed by atoms with Crippen LogP contribution in [-0.2, 0) is 0 Å². The van der Waals surface area contributed by atoms with Gasteiger partial charge in [-0.25, -0.2) is 0 Å². The topological polar surface area (TPSA) is 80.2 Å². The van der Waals surface area contributed by atoms with E-state index in [1.807, 2.05) is 6.92 Å². The molecule has 1 aromatic rings. The van der Waals surface area contributed by atoms with Gasteiger partial charge in [0.1, 0.15) is 0 Å². The van der Waals surface area contributed by atoms with Crippen molar-refractivity contribution in [2.24, 2.45) is 5.92 Å². The van der Waals surface area contributed by atoms with Crippen LogP contribution in [0.5, 0.6) is 6.01 Å². The van der Waals surface area contributed by atoms with E-state index >= 15 is 0 Å². The average Bonchev–Trinajstić information content (AvgIpc) is 2.72. The van der Waals surface area contributed by atoms with Crippen LogP contribution >= 0.6 is 11.6 Å². The Bertz CT molecular complexity index is 405. The zero-order valence-corrected chi connectivity index (χ0v) is 11.0. The monoisotopic (exact) mass is 272 g/mol. The molecule has 0 amide bonds. The van der Waals surface area contributed by atoms with Crippen LogP contribution in [0.3, 0.4) is 0 Å². The van der Waals surface area contributed by atoms with Crippen LogP contribution in [0.25, 0.3) is 0 Å². The number of aliphatic hydroxyl groups excluding tert-OH is 1. The van der Waals surface area contributed by atoms with Crippen molar-refractivity contribution in [2.75, 3.05) is 18.5 Å². The summed E-state index contributed by atoms with van der Waals surface area (Å²) >= 11 is 5.78. The lowest BCUT2D eigenvalue weighted by atomic mass is 10.1. The Morgan fingerprint density at radius 2 is 2.22 bits per heavy atom. The van der Waals surface area contributed by atoms with Crippen molar-refractivity contribution in [1.29, 1.82) is 0 Å². The molecule has 1 aromatic heterocycles. The summed E-state index contributed by atoms with van der Waals surface area (Å²) in [6.45, 7) is 2.95. The number of aromatic nitrogens is 3. The van der Waals surface area contributed by atoms with Gasteiger partial charge in [-0.05, 0) is 31.4 Å². The van der Waals surface area contributed by atoms with E-state index in [1.165, 1.54) is 0 Å². The Morgan fingerprint density at radius 3 is 2.89 bits per heavy atom. The summed E-state index contributed by atoms with van der Waals surface area (Å²) in [6.07, 6.45) is 2.72. The Balaban J connectivity index is 1.95. The predicted molar refractivity (Wildman–Crippen MR) is 67.8 cm³/mol. The van der Waals surface area contributed by atoms with Gasteiger partial charge in [-0.1, -0.05) is 6.42 Å². The lowest BCUT2D eigenvalue weighted by Gasteiger charge is -2.15. The number of hydrogen-bond acceptors (Lipinski definition) is 6. The molecule has 2 rings (SSSR count). The van der Waals surface area contributed by atoms with Gasteiger partial charge in [0.25, 0.3) is 0 Å². The molecule has 2 unspecified atom stereocenters. The molecule has 0 radical (unpaired) electrons. The number of hydrogen-bond donors (Lipinski definition) is 2. The molecule has 2 N–H and O–H groups in total. The van der Waals surface area contributed by atoms with Crippen LogP contribution in [-0.4, -0.2) is 39.3 Å². The van der Waals surface area contributed by atoms with E-state index in [0.29, 0.717) is 19.1 Å². The molecule has 0 aliphatic heterocycles. The largest absolute Gasteiger partial charge is 0.464 e. The minimum Gasteiger partial charge on any atom is -0.464 e. The predicted octanol–water partition coefficient (Wildman–Crippen LogP) is 1.50. The lowest BCUT2D eigenvalue weighted by Crippen LogP contribution is -2.22. The van der Waals surface area contributed by atoms with Gasteiger partial charge in [0, 0.05) is 12.5 Å². The highest BCUT2D eigenvalue weighted by Crippen LogP contribution is 2.25. The highest BCUT2D eigenvalue weighted by atomic mass is 35.5. The third-order valence-electron chi connectivity index (χ3n) is 3.00. The van der Waals surface area contributed by atoms with Crippen molar-refractivity contribution < 1.29 is 9.84 Å². The van der Waals surface area contributed by atoms with Gasteiger partial charge in [-0.2, -0.15) is 15.0 Å². The molecule has 0 aromatic carbocycles. The molecule has 1 heterocycles. The molecule has 2 atom stereocenters. The minimum atomic E-state index is -0.235. The fourth-order valence-electron chi connectivity index (χ4n) is 2.08. The maximum atomic E-state index is 9.72. The molecule has 0 bridgehead atoms. The summed E-state index contributed by atoms with van der Waals surface area (Å²) in [5.41, 5.74) is 0. The van der Waals surface area contributed by atoms with Crippen molar-refractivity contribution in [1.82, 2.24) is 15.0 Å². The van der Waals surface area contributed by atoms with Crippen molar-refractivity contribution in [3.63, 3.8) is 0 Å². The molecule has 100 valence electrons. The highest BCUT2D eigenvalue weighted by molar-refractivity contribution is 6.28. The molecule has 1 fully saturated rings. The Kier molecular flexibility index (Phi) is 4.54. The second kappa shape index (κ2) is 6.15. The zero-order chi connectivity index (χ0) is 13.0. The van der Waals surface area contributed by atoms with Crippen molar-refractivity contribution in [3.8, 4) is 6.01 Å². The van der Waals surface area contributed by atoms with Gasteiger partial charge in [-0.3, -0.25) is 0 Å². The molecule has 0 spiro atoms. The molecule has 0 saturated heterocycles. The van der Waals surface area contributed by atoms with Gasteiger partial charge in [0.05, 0.1) is 12.7 Å². The number of anilines is 1. The van der Waals surface area contributed by atoms with E-state index in [0.717, 1.165) is 19.3 Å². The van der Waals surface area contributed by atoms with Crippen molar-refractivity contribution in [3.05, 3.63) is 5.28 Å². The number of nitrogens with one attached hydrogen (secondary N) is 1. The first-order valence-electron chi connectivity index (χ1n) is 6.15. The number of ether oxygens (including phenoxy) is 1. The molecule has 18 heavy (non-hydrogen) atoms. The molecule has 1 aliphatic rings. The number of halogens is 1. The van der Waals surface area contributed by atoms with Gasteiger partial charge >= 0.3 is 6.01 Å². The van der Waals surface area contributed by atoms with Crippen LogP contribution in [0, 0.1) is 5.92 Å². The quantitative estimate of drug-likeness (QED) is 0.845. The molecule has 6 nitrogen and oxygen atoms in total. The van der Waals surface area contributed by atoms with E-state index in [9.17, 15) is 5.11 Å². The highest BCUT2D eigenvalue weighted by Gasteiger charge is 2.25. The van der Waals surface area contributed by atoms with E-state index in [4.69, 9.17) is 16.3 Å². The fraction of sp³-hybridized carbons (Fsp3) is 0.727. The van der Waals surface area contributed by atoms with Crippen LogP contribution in [0.15, 0.2) is 0 Å². The summed E-state index contributed by atoms with van der Waals surface area (Å²) in [6, 6.07) is 0.215. The average molecular weight is 273 g/mol. The first kappa shape index (κ1) is 13.3. The fourth-order valence-corrected chi connectivity index (χ4v) is 2.23. The second-order valence-corrected chi connectivity index (χ2v) is 4.62. The third-order valence-corrected chi connectivity index (χ3v) is 3.17. The summed E-state index contributed by atoms with van der Waals surface area (Å²) in [5.74, 6) is 0.633. The van der Waals surface area contributed by atoms with Crippen LogP contribution in [0.4, 0.5) is 5.95 Å². The third kappa shape index (κ3) is 3.43. The molecular formula is C11H17ClN4O2. The lowest BCUT2D eigenvalue weighted by molar-refractivity contribution is 0.138. The SMILES string of the molecule is CCOc1nc(Cl)nc(NCC2CCCC2O)n1. The van der Waals surface area contributed by atoms with Crippen molar-refractivity contribution in [2.45, 2.75) is 32.3 Å². The summed E-state index contributed by atoms with van der Waals surface area (Å²) < 4.78 is 5.18. The maximum absolute atomic E-state index is 9.72. The first-order chi connectivity index (χ1) is 8.69. The van der Waals surface area contributed by atoms with E-state index in [1.54, 1.807) is 0 Å². The molecule has 7 heteroatoms. The zero-order valence-electron chi connectivity index (χ0n) is 10.3. The molecule has 1 aliphatic carbocycles. The standard InChI is InChI=1S/C11H17ClN4O2/c1-2-18-11-15-9(12)14-10(16-11)13-6-7-4-3-5-8(7)17/h7-8,17H,2-6H2,1H3,(H,13,14,15,16). The van der Waals surface area contributed by atoms with Gasteiger partial charge in [-0.15, -0.1) is 0 Å². The van der Waals surface area contributed by atoms with E-state index < -0.39 is 0 Å². The summed E-state index contributed by atoms with van der Waals surface area (Å²) in [5, 5.41) is 12.9. The smallest absolute Gasteiger partial charge is 0.322 e. The van der Waals surface area contributed by atoms with Crippen LogP contribution < -0.4 is 10.1 Å². The van der Waals surface area contributed by atoms with Gasteiger partial charge in [0.2, 0.25) is 11.2 Å². The van der Waals surface area contributed by atoms with Gasteiger partial charge < -0.3 is 15.2 Å². The van der Waals surface area contributed by atoms with E-state index in [-0.39, 0.29) is 23.3 Å². The number of rotatable bonds is 5. The first-order valence-corrected chi connectivity index (χ1v) is 6.53. The minimum absolute atomic E-state index is 0.0999. The van der Waals surface area contributed by atoms with Gasteiger partial charge in [0.15, 0.2) is 0 Å². The number of nitrogens with zero attached hydrogens (tertiary/aromatic N) is 3. The van der Waals surface area contributed by atoms with E-state index in [2.05, 4.69) is 20.3 Å². The Hall–Kier alpha value is -1.14. The maximum Gasteiger partial charge on any atom is 0.322 e. The Morgan fingerprint density at radius 1 is 1.39 bits per heavy atom. The van der Waals surface area contributed by atoms with Crippen LogP contribution in [0.1, 0.15) is 26.2 Å². The second-order valence-electron chi connectivity index (χ2n) is 4.28. The molecule has 1 saturated carbocycles. The summed E-state index contributed by atoms with van der Waals surface area (Å²) in [4.78, 5) is 11.9. The van der Waals surface area contributed by atoms with Crippen LogP contribution in [0.2, 0.25) is 5.28 Å². The number of aliphatic hydroxyl groups is 1. The van der Waals surface area contributed by atoms with Crippen molar-refractivity contribution >= 4 is 17.5 Å². The summed E-state index contributed by atoms with van der Waals surface area (Å²) in [7, 11) is 0. The molecular weight excluding hydrogens is 256 g/mol. The Labute approximate surface area is 111 Å².